The van der Waals surface area contributed by atoms with Crippen molar-refractivity contribution in [3.05, 3.63) is 18.2 Å². The first-order valence-electron chi connectivity index (χ1n) is 7.41. The van der Waals surface area contributed by atoms with Crippen LogP contribution in [0.4, 0.5) is 5.69 Å². The number of carbonyl (C=O) groups is 3. The zero-order chi connectivity index (χ0) is 17.9. The van der Waals surface area contributed by atoms with Gasteiger partial charge in [-0.05, 0) is 18.6 Å². The van der Waals surface area contributed by atoms with Gasteiger partial charge in [-0.25, -0.2) is 4.79 Å². The summed E-state index contributed by atoms with van der Waals surface area (Å²) in [5, 5.41) is 9.26. The number of nitrogens with zero attached hydrogens (tertiary/aromatic N) is 2. The van der Waals surface area contributed by atoms with Gasteiger partial charge in [0.05, 0.1) is 19.9 Å². The van der Waals surface area contributed by atoms with E-state index in [2.05, 4.69) is 0 Å². The van der Waals surface area contributed by atoms with Gasteiger partial charge < -0.3 is 19.5 Å². The Morgan fingerprint density at radius 2 is 2.04 bits per heavy atom. The van der Waals surface area contributed by atoms with Crippen LogP contribution >= 0.6 is 0 Å². The van der Waals surface area contributed by atoms with Gasteiger partial charge >= 0.3 is 5.97 Å². The monoisotopic (exact) mass is 336 g/mol. The standard InChI is InChI=1S/C16H20N2O6/c1-10(19)17(9-18-12(16(21)22)5-7-15(18)20)13-8-11(23-2)4-6-14(13)24-3/h4,6,8,12H,5,7,9H2,1-3H3,(H,21,22)/t12-/m0/s1. The lowest BCUT2D eigenvalue weighted by Gasteiger charge is -2.30. The van der Waals surface area contributed by atoms with E-state index in [4.69, 9.17) is 9.47 Å². The summed E-state index contributed by atoms with van der Waals surface area (Å²) in [5.74, 6) is -0.785. The largest absolute Gasteiger partial charge is 0.497 e. The second-order valence-electron chi connectivity index (χ2n) is 5.38. The van der Waals surface area contributed by atoms with Crippen molar-refractivity contribution >= 4 is 23.5 Å². The number of rotatable bonds is 6. The van der Waals surface area contributed by atoms with E-state index < -0.39 is 12.0 Å². The Balaban J connectivity index is 2.38. The molecule has 0 saturated carbocycles. The van der Waals surface area contributed by atoms with E-state index in [0.29, 0.717) is 17.2 Å². The highest BCUT2D eigenvalue weighted by molar-refractivity contribution is 5.95. The zero-order valence-electron chi connectivity index (χ0n) is 13.8. The Hall–Kier alpha value is -2.77. The molecule has 1 heterocycles. The third-order valence-corrected chi connectivity index (χ3v) is 3.96. The summed E-state index contributed by atoms with van der Waals surface area (Å²) in [7, 11) is 2.96. The molecule has 8 heteroatoms. The minimum absolute atomic E-state index is 0.151. The molecule has 0 unspecified atom stereocenters. The van der Waals surface area contributed by atoms with Crippen molar-refractivity contribution in [1.29, 1.82) is 0 Å². The second-order valence-corrected chi connectivity index (χ2v) is 5.38. The van der Waals surface area contributed by atoms with E-state index in [1.54, 1.807) is 18.2 Å². The van der Waals surface area contributed by atoms with Gasteiger partial charge in [0.25, 0.3) is 0 Å². The van der Waals surface area contributed by atoms with E-state index in [-0.39, 0.29) is 31.3 Å². The van der Waals surface area contributed by atoms with Gasteiger partial charge in [0.2, 0.25) is 11.8 Å². The van der Waals surface area contributed by atoms with E-state index in [1.807, 2.05) is 0 Å². The van der Waals surface area contributed by atoms with Gasteiger partial charge in [0.15, 0.2) is 0 Å². The summed E-state index contributed by atoms with van der Waals surface area (Å²) in [4.78, 5) is 38.0. The van der Waals surface area contributed by atoms with Crippen molar-refractivity contribution in [3.8, 4) is 11.5 Å². The summed E-state index contributed by atoms with van der Waals surface area (Å²) in [6.07, 6.45) is 0.382. The second kappa shape index (κ2) is 7.20. The average molecular weight is 336 g/mol. The Bertz CT molecular complexity index is 660. The van der Waals surface area contributed by atoms with Gasteiger partial charge in [0, 0.05) is 19.4 Å². The van der Waals surface area contributed by atoms with Crippen LogP contribution in [-0.4, -0.2) is 54.7 Å². The predicted octanol–water partition coefficient (Wildman–Crippen LogP) is 1.09. The Kier molecular flexibility index (Phi) is 5.28. The number of carbonyl (C=O) groups excluding carboxylic acids is 2. The van der Waals surface area contributed by atoms with E-state index >= 15 is 0 Å². The molecule has 1 atom stereocenters. The Labute approximate surface area is 139 Å². The lowest BCUT2D eigenvalue weighted by molar-refractivity contribution is -0.146. The first-order valence-corrected chi connectivity index (χ1v) is 7.41. The molecule has 0 aromatic heterocycles. The molecule has 1 aromatic rings. The maximum Gasteiger partial charge on any atom is 0.326 e. The minimum atomic E-state index is -1.08. The fraction of sp³-hybridized carbons (Fsp3) is 0.438. The average Bonchev–Trinajstić information content (AvgIpc) is 2.92. The van der Waals surface area contributed by atoms with Crippen molar-refractivity contribution in [3.63, 3.8) is 0 Å². The van der Waals surface area contributed by atoms with Crippen LogP contribution in [0.15, 0.2) is 18.2 Å². The highest BCUT2D eigenvalue weighted by Gasteiger charge is 2.37. The van der Waals surface area contributed by atoms with Gasteiger partial charge in [-0.1, -0.05) is 0 Å². The Morgan fingerprint density at radius 1 is 1.33 bits per heavy atom. The van der Waals surface area contributed by atoms with E-state index in [9.17, 15) is 19.5 Å². The molecule has 1 fully saturated rings. The molecule has 130 valence electrons. The topological polar surface area (TPSA) is 96.4 Å². The predicted molar refractivity (Wildman–Crippen MR) is 85.1 cm³/mol. The van der Waals surface area contributed by atoms with Gasteiger partial charge in [-0.3, -0.25) is 14.5 Å². The van der Waals surface area contributed by atoms with Crippen molar-refractivity contribution in [1.82, 2.24) is 4.90 Å². The van der Waals surface area contributed by atoms with Crippen molar-refractivity contribution < 1.29 is 29.0 Å². The molecule has 24 heavy (non-hydrogen) atoms. The van der Waals surface area contributed by atoms with Crippen LogP contribution < -0.4 is 14.4 Å². The zero-order valence-corrected chi connectivity index (χ0v) is 13.8. The summed E-state index contributed by atoms with van der Waals surface area (Å²) in [6.45, 7) is 1.18. The van der Waals surface area contributed by atoms with E-state index in [1.165, 1.54) is 30.9 Å². The number of likely N-dealkylation sites (tertiary alicyclic amines) is 1. The maximum absolute atomic E-state index is 12.1. The molecule has 1 N–H and O–H groups in total. The summed E-state index contributed by atoms with van der Waals surface area (Å²) >= 11 is 0. The number of carboxylic acid groups (broad SMARTS) is 1. The molecule has 1 saturated heterocycles. The molecule has 0 bridgehead atoms. The maximum atomic E-state index is 12.1. The molecule has 2 amide bonds. The molecule has 2 rings (SSSR count). The molecule has 0 radical (unpaired) electrons. The van der Waals surface area contributed by atoms with Crippen molar-refractivity contribution in [2.75, 3.05) is 25.8 Å². The highest BCUT2D eigenvalue weighted by Crippen LogP contribution is 2.33. The van der Waals surface area contributed by atoms with Crippen LogP contribution in [0.2, 0.25) is 0 Å². The Morgan fingerprint density at radius 3 is 2.58 bits per heavy atom. The molecule has 8 nitrogen and oxygen atoms in total. The molecule has 1 aliphatic rings. The van der Waals surface area contributed by atoms with Gasteiger partial charge in [-0.15, -0.1) is 0 Å². The fourth-order valence-corrected chi connectivity index (χ4v) is 2.67. The number of aliphatic carboxylic acids is 1. The van der Waals surface area contributed by atoms with Crippen LogP contribution in [0.25, 0.3) is 0 Å². The molecule has 0 aliphatic carbocycles. The van der Waals surface area contributed by atoms with Crippen LogP contribution in [0.5, 0.6) is 11.5 Å². The van der Waals surface area contributed by atoms with Crippen molar-refractivity contribution in [2.45, 2.75) is 25.8 Å². The smallest absolute Gasteiger partial charge is 0.326 e. The number of hydrogen-bond acceptors (Lipinski definition) is 5. The third-order valence-electron chi connectivity index (χ3n) is 3.96. The normalized spacial score (nSPS) is 16.9. The lowest BCUT2D eigenvalue weighted by Crippen LogP contribution is -2.47. The summed E-state index contributed by atoms with van der Waals surface area (Å²) in [5.41, 5.74) is 0.410. The van der Waals surface area contributed by atoms with Gasteiger partial charge in [-0.2, -0.15) is 0 Å². The number of hydrogen-bond donors (Lipinski definition) is 1. The van der Waals surface area contributed by atoms with Crippen LogP contribution in [-0.2, 0) is 14.4 Å². The number of anilines is 1. The molecule has 1 aromatic carbocycles. The number of methoxy groups -OCH3 is 2. The molecule has 0 spiro atoms. The summed E-state index contributed by atoms with van der Waals surface area (Å²) in [6, 6.07) is 4.00. The number of amides is 2. The minimum Gasteiger partial charge on any atom is -0.497 e. The number of benzene rings is 1. The SMILES string of the molecule is COc1ccc(OC)c(N(CN2C(=O)CC[C@H]2C(=O)O)C(C)=O)c1. The van der Waals surface area contributed by atoms with Crippen LogP contribution in [0.3, 0.4) is 0 Å². The van der Waals surface area contributed by atoms with Gasteiger partial charge in [0.1, 0.15) is 24.2 Å². The van der Waals surface area contributed by atoms with Crippen molar-refractivity contribution in [2.24, 2.45) is 0 Å². The number of carboxylic acids is 1. The molecule has 1 aliphatic heterocycles. The summed E-state index contributed by atoms with van der Waals surface area (Å²) < 4.78 is 10.4. The molecular weight excluding hydrogens is 316 g/mol. The van der Waals surface area contributed by atoms with E-state index in [0.717, 1.165) is 0 Å². The fourth-order valence-electron chi connectivity index (χ4n) is 2.67. The third kappa shape index (κ3) is 3.42. The first-order chi connectivity index (χ1) is 11.4. The lowest BCUT2D eigenvalue weighted by atomic mass is 10.2. The quantitative estimate of drug-likeness (QED) is 0.835. The first kappa shape index (κ1) is 17.6. The van der Waals surface area contributed by atoms with Crippen LogP contribution in [0, 0.1) is 0 Å². The molecular formula is C16H20N2O6. The highest BCUT2D eigenvalue weighted by atomic mass is 16.5. The van der Waals surface area contributed by atoms with Crippen LogP contribution in [0.1, 0.15) is 19.8 Å². The number of ether oxygens (including phenoxy) is 2.